The van der Waals surface area contributed by atoms with E-state index in [-0.39, 0.29) is 11.8 Å². The number of benzene rings is 1. The molecule has 6 heteroatoms. The van der Waals surface area contributed by atoms with Gasteiger partial charge in [0.2, 0.25) is 0 Å². The lowest BCUT2D eigenvalue weighted by atomic mass is 9.91. The van der Waals surface area contributed by atoms with Crippen LogP contribution >= 0.6 is 0 Å². The van der Waals surface area contributed by atoms with Gasteiger partial charge in [-0.2, -0.15) is 0 Å². The highest BCUT2D eigenvalue weighted by atomic mass is 16.2. The van der Waals surface area contributed by atoms with Gasteiger partial charge in [-0.1, -0.05) is 30.3 Å². The Bertz CT molecular complexity index is 976. The van der Waals surface area contributed by atoms with E-state index in [2.05, 4.69) is 44.1 Å². The van der Waals surface area contributed by atoms with Gasteiger partial charge >= 0.3 is 0 Å². The average Bonchev–Trinajstić information content (AvgIpc) is 3.28. The fourth-order valence-electron chi connectivity index (χ4n) is 4.42. The lowest BCUT2D eigenvalue weighted by Crippen LogP contribution is -2.36. The number of aromatic amines is 1. The third kappa shape index (κ3) is 3.50. The molecule has 148 valence electrons. The van der Waals surface area contributed by atoms with Crippen molar-refractivity contribution in [1.82, 2.24) is 19.9 Å². The van der Waals surface area contributed by atoms with Crippen LogP contribution in [0.5, 0.6) is 0 Å². The molecule has 1 unspecified atom stereocenters. The third-order valence-electron chi connectivity index (χ3n) is 6.00. The molecular formula is C23H25N5O. The molecule has 0 spiro atoms. The van der Waals surface area contributed by atoms with E-state index >= 15 is 0 Å². The minimum atomic E-state index is 0.0976. The monoisotopic (exact) mass is 387 g/mol. The summed E-state index contributed by atoms with van der Waals surface area (Å²) in [7, 11) is 0. The quantitative estimate of drug-likeness (QED) is 0.746. The molecule has 2 aliphatic heterocycles. The highest BCUT2D eigenvalue weighted by Crippen LogP contribution is 2.33. The van der Waals surface area contributed by atoms with E-state index < -0.39 is 0 Å². The van der Waals surface area contributed by atoms with E-state index in [1.54, 1.807) is 12.5 Å². The molecule has 1 atom stereocenters. The minimum absolute atomic E-state index is 0.0976. The molecule has 2 aromatic heterocycles. The average molecular weight is 387 g/mol. The van der Waals surface area contributed by atoms with Gasteiger partial charge in [-0.05, 0) is 37.0 Å². The first kappa shape index (κ1) is 17.9. The van der Waals surface area contributed by atoms with Crippen molar-refractivity contribution in [3.8, 4) is 0 Å². The predicted octanol–water partition coefficient (Wildman–Crippen LogP) is 3.58. The number of nitrogens with one attached hydrogen (secondary N) is 1. The molecule has 0 bridgehead atoms. The normalized spacial score (nSPS) is 19.1. The van der Waals surface area contributed by atoms with Crippen molar-refractivity contribution >= 4 is 11.7 Å². The summed E-state index contributed by atoms with van der Waals surface area (Å²) in [5.41, 5.74) is 4.17. The summed E-state index contributed by atoms with van der Waals surface area (Å²) in [6.07, 6.45) is 6.91. The first-order chi connectivity index (χ1) is 14.3. The predicted molar refractivity (Wildman–Crippen MR) is 112 cm³/mol. The molecule has 4 heterocycles. The van der Waals surface area contributed by atoms with Gasteiger partial charge in [0.1, 0.15) is 5.82 Å². The van der Waals surface area contributed by atoms with E-state index in [1.165, 1.54) is 12.0 Å². The van der Waals surface area contributed by atoms with Crippen LogP contribution in [-0.2, 0) is 6.54 Å². The van der Waals surface area contributed by atoms with E-state index in [9.17, 15) is 4.79 Å². The van der Waals surface area contributed by atoms with Crippen molar-refractivity contribution in [3.63, 3.8) is 0 Å². The molecule has 2 aliphatic rings. The van der Waals surface area contributed by atoms with E-state index in [0.29, 0.717) is 5.56 Å². The number of nitrogens with zero attached hydrogens (tertiary/aromatic N) is 4. The lowest BCUT2D eigenvalue weighted by Gasteiger charge is -2.33. The highest BCUT2D eigenvalue weighted by Gasteiger charge is 2.29. The van der Waals surface area contributed by atoms with Crippen molar-refractivity contribution in [3.05, 3.63) is 77.5 Å². The van der Waals surface area contributed by atoms with Gasteiger partial charge in [0.25, 0.3) is 5.91 Å². The Morgan fingerprint density at radius 3 is 2.59 bits per heavy atom. The van der Waals surface area contributed by atoms with Crippen molar-refractivity contribution in [1.29, 1.82) is 0 Å². The largest absolute Gasteiger partial charge is 0.350 e. The number of carbonyl (C=O) groups is 1. The van der Waals surface area contributed by atoms with Crippen molar-refractivity contribution in [2.75, 3.05) is 24.5 Å². The van der Waals surface area contributed by atoms with Crippen LogP contribution in [0.4, 0.5) is 5.82 Å². The minimum Gasteiger partial charge on any atom is -0.350 e. The van der Waals surface area contributed by atoms with Gasteiger partial charge in [0.15, 0.2) is 0 Å². The molecule has 1 saturated heterocycles. The second-order valence-electron chi connectivity index (χ2n) is 7.87. The van der Waals surface area contributed by atoms with Gasteiger partial charge in [0.05, 0.1) is 29.8 Å². The van der Waals surface area contributed by atoms with Crippen molar-refractivity contribution in [2.24, 2.45) is 0 Å². The maximum atomic E-state index is 12.7. The van der Waals surface area contributed by atoms with Gasteiger partial charge in [0, 0.05) is 31.7 Å². The second kappa shape index (κ2) is 7.70. The standard InChI is InChI=1S/C23H25N5O/c29-23(27-11-5-2-6-12-27)18-9-10-21(24-13-18)28-14-19(17-7-3-1-4-8-17)22-20(15-28)25-16-26-22/h1,3-4,7-10,13,16,19H,2,5-6,11-12,14-15H2,(H,25,26). The summed E-state index contributed by atoms with van der Waals surface area (Å²) in [6, 6.07) is 14.4. The fourth-order valence-corrected chi connectivity index (χ4v) is 4.42. The molecule has 0 aliphatic carbocycles. The number of H-pyrrole nitrogens is 1. The van der Waals surface area contributed by atoms with Crippen LogP contribution in [0.2, 0.25) is 0 Å². The highest BCUT2D eigenvalue weighted by molar-refractivity contribution is 5.94. The number of anilines is 1. The maximum absolute atomic E-state index is 12.7. The summed E-state index contributed by atoms with van der Waals surface area (Å²) in [6.45, 7) is 3.27. The number of piperidine rings is 1. The smallest absolute Gasteiger partial charge is 0.255 e. The summed E-state index contributed by atoms with van der Waals surface area (Å²) >= 11 is 0. The van der Waals surface area contributed by atoms with Crippen molar-refractivity contribution in [2.45, 2.75) is 31.7 Å². The van der Waals surface area contributed by atoms with Gasteiger partial charge in [-0.25, -0.2) is 9.97 Å². The van der Waals surface area contributed by atoms with Crippen LogP contribution in [0.15, 0.2) is 55.0 Å². The fraction of sp³-hybridized carbons (Fsp3) is 0.348. The van der Waals surface area contributed by atoms with E-state index in [0.717, 1.165) is 56.2 Å². The number of hydrogen-bond donors (Lipinski definition) is 1. The van der Waals surface area contributed by atoms with Gasteiger partial charge in [-0.3, -0.25) is 4.79 Å². The molecule has 0 saturated carbocycles. The number of aromatic nitrogens is 3. The van der Waals surface area contributed by atoms with Crippen LogP contribution in [0.3, 0.4) is 0 Å². The summed E-state index contributed by atoms with van der Waals surface area (Å²) in [4.78, 5) is 29.4. The molecule has 1 aromatic carbocycles. The Morgan fingerprint density at radius 1 is 1.00 bits per heavy atom. The third-order valence-corrected chi connectivity index (χ3v) is 6.00. The van der Waals surface area contributed by atoms with E-state index in [4.69, 9.17) is 0 Å². The van der Waals surface area contributed by atoms with Crippen LogP contribution in [0, 0.1) is 0 Å². The Labute approximate surface area is 170 Å². The summed E-state index contributed by atoms with van der Waals surface area (Å²) in [5, 5.41) is 0. The number of imidazole rings is 1. The Hall–Kier alpha value is -3.15. The SMILES string of the molecule is O=C(c1ccc(N2Cc3[nH]cnc3C(c3ccccc3)C2)nc1)N1CCCCC1. The molecule has 1 fully saturated rings. The first-order valence-electron chi connectivity index (χ1n) is 10.4. The second-order valence-corrected chi connectivity index (χ2v) is 7.87. The molecule has 29 heavy (non-hydrogen) atoms. The zero-order chi connectivity index (χ0) is 19.6. The Kier molecular flexibility index (Phi) is 4.76. The molecule has 1 N–H and O–H groups in total. The van der Waals surface area contributed by atoms with Gasteiger partial charge in [-0.15, -0.1) is 0 Å². The zero-order valence-electron chi connectivity index (χ0n) is 16.4. The van der Waals surface area contributed by atoms with Crippen LogP contribution in [0.1, 0.15) is 52.5 Å². The molecule has 0 radical (unpaired) electrons. The topological polar surface area (TPSA) is 65.1 Å². The number of hydrogen-bond acceptors (Lipinski definition) is 4. The van der Waals surface area contributed by atoms with Crippen molar-refractivity contribution < 1.29 is 4.79 Å². The van der Waals surface area contributed by atoms with Crippen LogP contribution in [-0.4, -0.2) is 45.4 Å². The number of carbonyl (C=O) groups excluding carboxylic acids is 1. The number of amides is 1. The molecular weight excluding hydrogens is 362 g/mol. The number of pyridine rings is 1. The lowest BCUT2D eigenvalue weighted by molar-refractivity contribution is 0.0724. The molecule has 6 nitrogen and oxygen atoms in total. The summed E-state index contributed by atoms with van der Waals surface area (Å²) in [5.74, 6) is 1.18. The number of fused-ring (bicyclic) bond motifs is 1. The molecule has 3 aromatic rings. The first-order valence-corrected chi connectivity index (χ1v) is 10.4. The van der Waals surface area contributed by atoms with E-state index in [1.807, 2.05) is 23.1 Å². The number of rotatable bonds is 3. The Balaban J connectivity index is 1.38. The molecule has 1 amide bonds. The number of likely N-dealkylation sites (tertiary alicyclic amines) is 1. The Morgan fingerprint density at radius 2 is 1.83 bits per heavy atom. The van der Waals surface area contributed by atoms with Gasteiger partial charge < -0.3 is 14.8 Å². The molecule has 5 rings (SSSR count). The summed E-state index contributed by atoms with van der Waals surface area (Å²) < 4.78 is 0. The zero-order valence-corrected chi connectivity index (χ0v) is 16.4. The van der Waals surface area contributed by atoms with Crippen LogP contribution < -0.4 is 4.90 Å². The van der Waals surface area contributed by atoms with Crippen LogP contribution in [0.25, 0.3) is 0 Å². The maximum Gasteiger partial charge on any atom is 0.255 e.